The van der Waals surface area contributed by atoms with E-state index in [4.69, 9.17) is 15.7 Å². The number of rotatable bonds is 5. The standard InChI is InChI=1S/C16H17F2N5O/c1-9-13(15(20)23(3)10(2)21-9)6-12-5-4-11(7-19)16(22-12)24-8-14(17)18/h4-5,14H,2,6,8,20H2,1,3H3. The van der Waals surface area contributed by atoms with Crippen molar-refractivity contribution in [2.75, 3.05) is 13.7 Å². The summed E-state index contributed by atoms with van der Waals surface area (Å²) in [5, 5.41) is 9.02. The van der Waals surface area contributed by atoms with Crippen LogP contribution in [-0.2, 0) is 6.42 Å². The molecule has 0 amide bonds. The molecular weight excluding hydrogens is 316 g/mol. The molecule has 1 aromatic heterocycles. The average molecular weight is 333 g/mol. The Hall–Kier alpha value is -2.95. The number of nitrogens with zero attached hydrogens (tertiary/aromatic N) is 4. The fourth-order valence-corrected chi connectivity index (χ4v) is 2.18. The van der Waals surface area contributed by atoms with Crippen LogP contribution in [0.3, 0.4) is 0 Å². The van der Waals surface area contributed by atoms with E-state index in [1.165, 1.54) is 6.07 Å². The lowest BCUT2D eigenvalue weighted by Gasteiger charge is -2.27. The fraction of sp³-hybridized carbons (Fsp3) is 0.312. The van der Waals surface area contributed by atoms with Gasteiger partial charge in [-0.15, -0.1) is 0 Å². The molecule has 0 radical (unpaired) electrons. The molecule has 0 unspecified atom stereocenters. The number of aliphatic imine (C=N–C) groups is 1. The van der Waals surface area contributed by atoms with Gasteiger partial charge in [0.25, 0.3) is 6.43 Å². The van der Waals surface area contributed by atoms with Crippen molar-refractivity contribution >= 4 is 5.71 Å². The molecule has 1 aliphatic rings. The van der Waals surface area contributed by atoms with E-state index in [0.29, 0.717) is 29.5 Å². The summed E-state index contributed by atoms with van der Waals surface area (Å²) >= 11 is 0. The maximum Gasteiger partial charge on any atom is 0.272 e. The molecule has 0 aliphatic carbocycles. The SMILES string of the molecule is C=C1N=C(C)C(Cc2ccc(C#N)c(OCC(F)F)n2)=C(N)N1C. The van der Waals surface area contributed by atoms with Crippen LogP contribution in [-0.4, -0.2) is 35.7 Å². The highest BCUT2D eigenvalue weighted by molar-refractivity contribution is 6.00. The summed E-state index contributed by atoms with van der Waals surface area (Å²) in [5.41, 5.74) is 8.19. The molecule has 6 nitrogen and oxygen atoms in total. The Bertz CT molecular complexity index is 764. The Balaban J connectivity index is 2.30. The molecule has 1 aromatic rings. The summed E-state index contributed by atoms with van der Waals surface area (Å²) in [6, 6.07) is 4.98. The van der Waals surface area contributed by atoms with E-state index in [1.807, 2.05) is 6.07 Å². The van der Waals surface area contributed by atoms with Gasteiger partial charge in [0.05, 0.1) is 0 Å². The van der Waals surface area contributed by atoms with Crippen LogP contribution in [0.2, 0.25) is 0 Å². The normalized spacial score (nSPS) is 14.8. The predicted molar refractivity (Wildman–Crippen MR) is 85.4 cm³/mol. The van der Waals surface area contributed by atoms with Crippen LogP contribution >= 0.6 is 0 Å². The van der Waals surface area contributed by atoms with E-state index in [1.54, 1.807) is 24.9 Å². The summed E-state index contributed by atoms with van der Waals surface area (Å²) in [6.07, 6.45) is -2.32. The number of nitrogens with two attached hydrogens (primary N) is 1. The number of hydrogen-bond donors (Lipinski definition) is 1. The molecular formula is C16H17F2N5O. The van der Waals surface area contributed by atoms with Crippen molar-refractivity contribution in [2.24, 2.45) is 10.7 Å². The van der Waals surface area contributed by atoms with E-state index in [2.05, 4.69) is 16.6 Å². The van der Waals surface area contributed by atoms with Crippen LogP contribution in [0.4, 0.5) is 8.78 Å². The minimum Gasteiger partial charge on any atom is -0.471 e. The molecule has 0 aromatic carbocycles. The molecule has 1 aliphatic heterocycles. The lowest BCUT2D eigenvalue weighted by atomic mass is 10.0. The Morgan fingerprint density at radius 1 is 1.46 bits per heavy atom. The lowest BCUT2D eigenvalue weighted by Crippen LogP contribution is -2.30. The van der Waals surface area contributed by atoms with Crippen LogP contribution in [0.15, 0.2) is 40.9 Å². The van der Waals surface area contributed by atoms with Crippen molar-refractivity contribution in [1.29, 1.82) is 5.26 Å². The molecule has 0 spiro atoms. The zero-order valence-electron chi connectivity index (χ0n) is 13.4. The molecule has 126 valence electrons. The number of nitriles is 1. The number of halogens is 2. The zero-order chi connectivity index (χ0) is 17.9. The molecule has 2 rings (SSSR count). The maximum absolute atomic E-state index is 12.3. The molecule has 2 heterocycles. The third-order valence-corrected chi connectivity index (χ3v) is 3.53. The van der Waals surface area contributed by atoms with Crippen LogP contribution < -0.4 is 10.5 Å². The largest absolute Gasteiger partial charge is 0.471 e. The maximum atomic E-state index is 12.3. The highest BCUT2D eigenvalue weighted by atomic mass is 19.3. The predicted octanol–water partition coefficient (Wildman–Crippen LogP) is 2.19. The monoisotopic (exact) mass is 333 g/mol. The highest BCUT2D eigenvalue weighted by Gasteiger charge is 2.20. The highest BCUT2D eigenvalue weighted by Crippen LogP contribution is 2.23. The molecule has 0 saturated heterocycles. The molecule has 24 heavy (non-hydrogen) atoms. The van der Waals surface area contributed by atoms with Crippen molar-refractivity contribution in [2.45, 2.75) is 19.8 Å². The Morgan fingerprint density at radius 2 is 2.17 bits per heavy atom. The summed E-state index contributed by atoms with van der Waals surface area (Å²) in [5.74, 6) is 0.911. The lowest BCUT2D eigenvalue weighted by molar-refractivity contribution is 0.0793. The van der Waals surface area contributed by atoms with Crippen molar-refractivity contribution in [3.05, 3.63) is 47.2 Å². The van der Waals surface area contributed by atoms with Crippen molar-refractivity contribution < 1.29 is 13.5 Å². The van der Waals surface area contributed by atoms with Gasteiger partial charge in [-0.3, -0.25) is 0 Å². The first-order valence-corrected chi connectivity index (χ1v) is 7.11. The average Bonchev–Trinajstić information content (AvgIpc) is 2.55. The van der Waals surface area contributed by atoms with Gasteiger partial charge < -0.3 is 15.4 Å². The minimum absolute atomic E-state index is 0.0980. The first-order chi connectivity index (χ1) is 11.3. The summed E-state index contributed by atoms with van der Waals surface area (Å²) in [4.78, 5) is 10.1. The van der Waals surface area contributed by atoms with E-state index in [0.717, 1.165) is 5.57 Å². The molecule has 0 bridgehead atoms. The van der Waals surface area contributed by atoms with Crippen molar-refractivity contribution in [3.8, 4) is 11.9 Å². The third-order valence-electron chi connectivity index (χ3n) is 3.53. The summed E-state index contributed by atoms with van der Waals surface area (Å²) < 4.78 is 29.6. The van der Waals surface area contributed by atoms with Crippen LogP contribution in [0, 0.1) is 11.3 Å². The fourth-order valence-electron chi connectivity index (χ4n) is 2.18. The van der Waals surface area contributed by atoms with Gasteiger partial charge in [-0.2, -0.15) is 5.26 Å². The Morgan fingerprint density at radius 3 is 2.79 bits per heavy atom. The van der Waals surface area contributed by atoms with Gasteiger partial charge in [-0.1, -0.05) is 6.58 Å². The number of ether oxygens (including phenoxy) is 1. The number of pyridine rings is 1. The van der Waals surface area contributed by atoms with Gasteiger partial charge in [0.2, 0.25) is 5.88 Å². The zero-order valence-corrected chi connectivity index (χ0v) is 13.4. The van der Waals surface area contributed by atoms with Crippen molar-refractivity contribution in [3.63, 3.8) is 0 Å². The van der Waals surface area contributed by atoms with E-state index in [-0.39, 0.29) is 11.4 Å². The van der Waals surface area contributed by atoms with E-state index < -0.39 is 13.0 Å². The quantitative estimate of drug-likeness (QED) is 0.892. The summed E-state index contributed by atoms with van der Waals surface area (Å²) in [6.45, 7) is 4.78. The topological polar surface area (TPSA) is 87.5 Å². The van der Waals surface area contributed by atoms with Gasteiger partial charge in [-0.25, -0.2) is 18.8 Å². The van der Waals surface area contributed by atoms with Gasteiger partial charge in [0, 0.05) is 30.4 Å². The molecule has 0 atom stereocenters. The van der Waals surface area contributed by atoms with Crippen molar-refractivity contribution in [1.82, 2.24) is 9.88 Å². The van der Waals surface area contributed by atoms with Crippen LogP contribution in [0.5, 0.6) is 5.88 Å². The first-order valence-electron chi connectivity index (χ1n) is 7.11. The number of hydrogen-bond acceptors (Lipinski definition) is 6. The number of aromatic nitrogens is 1. The third kappa shape index (κ3) is 3.68. The smallest absolute Gasteiger partial charge is 0.272 e. The number of allylic oxidation sites excluding steroid dienone is 1. The van der Waals surface area contributed by atoms with Gasteiger partial charge in [-0.05, 0) is 19.1 Å². The van der Waals surface area contributed by atoms with Crippen LogP contribution in [0.25, 0.3) is 0 Å². The molecule has 0 fully saturated rings. The number of alkyl halides is 2. The first kappa shape index (κ1) is 17.4. The minimum atomic E-state index is -2.65. The second-order valence-corrected chi connectivity index (χ2v) is 5.18. The summed E-state index contributed by atoms with van der Waals surface area (Å²) in [7, 11) is 1.75. The Labute approximate surface area is 138 Å². The molecule has 2 N–H and O–H groups in total. The Kier molecular flexibility index (Phi) is 5.14. The molecule has 0 saturated carbocycles. The van der Waals surface area contributed by atoms with E-state index >= 15 is 0 Å². The second-order valence-electron chi connectivity index (χ2n) is 5.18. The van der Waals surface area contributed by atoms with Gasteiger partial charge in [0.15, 0.2) is 6.61 Å². The van der Waals surface area contributed by atoms with Gasteiger partial charge in [0.1, 0.15) is 23.3 Å². The molecule has 8 heteroatoms. The van der Waals surface area contributed by atoms with Gasteiger partial charge >= 0.3 is 0 Å². The second kappa shape index (κ2) is 7.08. The van der Waals surface area contributed by atoms with Crippen LogP contribution in [0.1, 0.15) is 18.2 Å². The van der Waals surface area contributed by atoms with E-state index in [9.17, 15) is 8.78 Å².